The molecule has 0 atom stereocenters. The summed E-state index contributed by atoms with van der Waals surface area (Å²) in [5.41, 5.74) is 1.47. The number of fused-ring (bicyclic) bond motifs is 1. The minimum atomic E-state index is -0.569. The van der Waals surface area contributed by atoms with E-state index in [4.69, 9.17) is 9.47 Å². The second-order valence-electron chi connectivity index (χ2n) is 3.69. The van der Waals surface area contributed by atoms with E-state index in [2.05, 4.69) is 0 Å². The van der Waals surface area contributed by atoms with Gasteiger partial charge in [0.2, 0.25) is 5.78 Å². The smallest absolute Gasteiger partial charge is 0.334 e. The number of carbonyl (C=O) groups excluding carboxylic acids is 2. The Hall–Kier alpha value is -2.10. The molecule has 0 aromatic heterocycles. The second kappa shape index (κ2) is 4.41. The number of ether oxygens (including phenoxy) is 2. The van der Waals surface area contributed by atoms with Crippen LogP contribution in [0.1, 0.15) is 22.8 Å². The Morgan fingerprint density at radius 3 is 2.94 bits per heavy atom. The van der Waals surface area contributed by atoms with Crippen molar-refractivity contribution >= 4 is 11.8 Å². The molecule has 0 unspecified atom stereocenters. The first kappa shape index (κ1) is 11.4. The van der Waals surface area contributed by atoms with E-state index in [1.807, 2.05) is 13.0 Å². The van der Waals surface area contributed by atoms with Gasteiger partial charge in [-0.3, -0.25) is 4.79 Å². The van der Waals surface area contributed by atoms with Crippen molar-refractivity contribution in [1.29, 1.82) is 0 Å². The Labute approximate surface area is 98.8 Å². The van der Waals surface area contributed by atoms with Gasteiger partial charge in [-0.1, -0.05) is 6.07 Å². The van der Waals surface area contributed by atoms with E-state index in [1.165, 1.54) is 0 Å². The first-order valence-corrected chi connectivity index (χ1v) is 5.33. The average Bonchev–Trinajstić information content (AvgIpc) is 2.55. The third-order valence-electron chi connectivity index (χ3n) is 2.36. The van der Waals surface area contributed by atoms with Gasteiger partial charge in [0.05, 0.1) is 18.2 Å². The molecule has 2 rings (SSSR count). The normalized spacial score (nSPS) is 15.6. The zero-order valence-electron chi connectivity index (χ0n) is 9.65. The third kappa shape index (κ3) is 2.20. The number of ketones is 1. The average molecular weight is 232 g/mol. The monoisotopic (exact) mass is 232 g/mol. The van der Waals surface area contributed by atoms with E-state index < -0.39 is 5.97 Å². The van der Waals surface area contributed by atoms with Crippen LogP contribution in [-0.4, -0.2) is 18.4 Å². The number of esters is 1. The van der Waals surface area contributed by atoms with Crippen molar-refractivity contribution in [2.75, 3.05) is 6.61 Å². The molecule has 88 valence electrons. The predicted octanol–water partition coefficient (Wildman–Crippen LogP) is 2.02. The molecule has 0 aliphatic carbocycles. The molecule has 17 heavy (non-hydrogen) atoms. The van der Waals surface area contributed by atoms with Crippen LogP contribution in [0, 0.1) is 6.92 Å². The first-order valence-electron chi connectivity index (χ1n) is 5.33. The number of benzene rings is 1. The van der Waals surface area contributed by atoms with Gasteiger partial charge in [0, 0.05) is 0 Å². The molecule has 0 radical (unpaired) electrons. The van der Waals surface area contributed by atoms with Crippen molar-refractivity contribution in [3.8, 4) is 5.75 Å². The molecule has 0 bridgehead atoms. The minimum absolute atomic E-state index is 0.0176. The number of Topliss-reactive ketones (excluding diaryl/α,β-unsaturated/α-hetero) is 1. The van der Waals surface area contributed by atoms with Gasteiger partial charge in [-0.05, 0) is 31.5 Å². The van der Waals surface area contributed by atoms with Crippen molar-refractivity contribution in [3.63, 3.8) is 0 Å². The quantitative estimate of drug-likeness (QED) is 0.578. The Morgan fingerprint density at radius 1 is 1.47 bits per heavy atom. The maximum atomic E-state index is 11.8. The summed E-state index contributed by atoms with van der Waals surface area (Å²) in [4.78, 5) is 23.1. The highest BCUT2D eigenvalue weighted by atomic mass is 16.5. The molecule has 0 saturated carbocycles. The van der Waals surface area contributed by atoms with E-state index in [-0.39, 0.29) is 18.1 Å². The molecule has 4 heteroatoms. The van der Waals surface area contributed by atoms with Crippen LogP contribution in [0.2, 0.25) is 0 Å². The summed E-state index contributed by atoms with van der Waals surface area (Å²) in [6.07, 6.45) is 1.08. The van der Waals surface area contributed by atoms with Crippen LogP contribution in [0.3, 0.4) is 0 Å². The molecule has 0 saturated heterocycles. The molecule has 0 amide bonds. The molecule has 1 aliphatic heterocycles. The summed E-state index contributed by atoms with van der Waals surface area (Å²) in [6.45, 7) is 3.87. The number of hydrogen-bond donors (Lipinski definition) is 0. The Balaban J connectivity index is 2.28. The maximum absolute atomic E-state index is 11.8. The van der Waals surface area contributed by atoms with Crippen LogP contribution >= 0.6 is 0 Å². The lowest BCUT2D eigenvalue weighted by atomic mass is 10.1. The Morgan fingerprint density at radius 2 is 2.24 bits per heavy atom. The summed E-state index contributed by atoms with van der Waals surface area (Å²) in [7, 11) is 0. The fourth-order valence-electron chi connectivity index (χ4n) is 1.59. The van der Waals surface area contributed by atoms with E-state index >= 15 is 0 Å². The summed E-state index contributed by atoms with van der Waals surface area (Å²) in [6, 6.07) is 5.28. The molecule has 1 aromatic rings. The topological polar surface area (TPSA) is 52.6 Å². The number of carbonyl (C=O) groups is 2. The lowest BCUT2D eigenvalue weighted by Gasteiger charge is -1.99. The Bertz CT molecular complexity index is 514. The van der Waals surface area contributed by atoms with Crippen LogP contribution in [0.4, 0.5) is 0 Å². The summed E-state index contributed by atoms with van der Waals surface area (Å²) < 4.78 is 10.1. The van der Waals surface area contributed by atoms with Crippen molar-refractivity contribution in [3.05, 3.63) is 41.2 Å². The van der Waals surface area contributed by atoms with Crippen LogP contribution in [-0.2, 0) is 9.53 Å². The summed E-state index contributed by atoms with van der Waals surface area (Å²) in [5.74, 6) is -0.344. The molecule has 0 spiro atoms. The fraction of sp³-hybridized carbons (Fsp3) is 0.231. The molecule has 4 nitrogen and oxygen atoms in total. The molecular weight excluding hydrogens is 220 g/mol. The van der Waals surface area contributed by atoms with E-state index in [1.54, 1.807) is 19.1 Å². The van der Waals surface area contributed by atoms with E-state index in [0.29, 0.717) is 11.3 Å². The number of allylic oxidation sites excluding steroid dienone is 1. The van der Waals surface area contributed by atoms with Gasteiger partial charge in [0.15, 0.2) is 5.76 Å². The lowest BCUT2D eigenvalue weighted by Crippen LogP contribution is -2.06. The maximum Gasteiger partial charge on any atom is 0.334 e. The summed E-state index contributed by atoms with van der Waals surface area (Å²) >= 11 is 0. The Kier molecular flexibility index (Phi) is 2.95. The molecular formula is C13H12O4. The third-order valence-corrected chi connectivity index (χ3v) is 2.36. The largest absolute Gasteiger partial charge is 0.463 e. The van der Waals surface area contributed by atoms with Crippen molar-refractivity contribution in [2.24, 2.45) is 0 Å². The van der Waals surface area contributed by atoms with Crippen molar-refractivity contribution in [2.45, 2.75) is 13.8 Å². The first-order chi connectivity index (χ1) is 8.11. The van der Waals surface area contributed by atoms with Crippen molar-refractivity contribution in [1.82, 2.24) is 0 Å². The van der Waals surface area contributed by atoms with Gasteiger partial charge >= 0.3 is 5.97 Å². The molecule has 1 aromatic carbocycles. The van der Waals surface area contributed by atoms with Gasteiger partial charge in [-0.2, -0.15) is 0 Å². The summed E-state index contributed by atoms with van der Waals surface area (Å²) in [5, 5.41) is 0. The van der Waals surface area contributed by atoms with E-state index in [9.17, 15) is 9.59 Å². The molecule has 0 N–H and O–H groups in total. The molecule has 0 fully saturated rings. The highest BCUT2D eigenvalue weighted by molar-refractivity contribution is 6.14. The van der Waals surface area contributed by atoms with Gasteiger partial charge in [0.1, 0.15) is 5.75 Å². The van der Waals surface area contributed by atoms with Crippen LogP contribution in [0.25, 0.3) is 0 Å². The van der Waals surface area contributed by atoms with E-state index in [0.717, 1.165) is 11.6 Å². The lowest BCUT2D eigenvalue weighted by molar-refractivity contribution is -0.137. The predicted molar refractivity (Wildman–Crippen MR) is 60.9 cm³/mol. The van der Waals surface area contributed by atoms with Gasteiger partial charge < -0.3 is 9.47 Å². The standard InChI is InChI=1S/C13H12O4/c1-3-16-12(14)7-11-13(15)9-5-4-8(2)6-10(9)17-11/h4-7H,3H2,1-2H3/b11-7+. The SMILES string of the molecule is CCOC(=O)/C=C1/Oc2cc(C)ccc2C1=O. The van der Waals surface area contributed by atoms with Crippen LogP contribution < -0.4 is 4.74 Å². The molecule has 1 heterocycles. The zero-order valence-corrected chi connectivity index (χ0v) is 9.65. The number of aryl methyl sites for hydroxylation is 1. The second-order valence-corrected chi connectivity index (χ2v) is 3.69. The molecule has 1 aliphatic rings. The number of hydrogen-bond acceptors (Lipinski definition) is 4. The van der Waals surface area contributed by atoms with Gasteiger partial charge in [0.25, 0.3) is 0 Å². The van der Waals surface area contributed by atoms with Gasteiger partial charge in [-0.15, -0.1) is 0 Å². The van der Waals surface area contributed by atoms with Gasteiger partial charge in [-0.25, -0.2) is 4.79 Å². The number of rotatable bonds is 2. The highest BCUT2D eigenvalue weighted by Crippen LogP contribution is 2.31. The van der Waals surface area contributed by atoms with Crippen LogP contribution in [0.15, 0.2) is 30.0 Å². The highest BCUT2D eigenvalue weighted by Gasteiger charge is 2.28. The van der Waals surface area contributed by atoms with Crippen LogP contribution in [0.5, 0.6) is 5.75 Å². The van der Waals surface area contributed by atoms with Crippen molar-refractivity contribution < 1.29 is 19.1 Å². The fourth-order valence-corrected chi connectivity index (χ4v) is 1.59. The minimum Gasteiger partial charge on any atom is -0.463 e. The zero-order chi connectivity index (χ0) is 12.4.